The highest BCUT2D eigenvalue weighted by atomic mass is 35.5. The minimum atomic E-state index is -1.10. The molecule has 0 unspecified atom stereocenters. The molecule has 1 aromatic carbocycles. The third kappa shape index (κ3) is 3.30. The van der Waals surface area contributed by atoms with E-state index in [0.29, 0.717) is 18.1 Å². The third-order valence-corrected chi connectivity index (χ3v) is 3.31. The molecule has 1 aliphatic rings. The van der Waals surface area contributed by atoms with Gasteiger partial charge in [0.2, 0.25) is 0 Å². The molecular formula is C14H15ClN2O3. The lowest BCUT2D eigenvalue weighted by Crippen LogP contribution is -2.38. The molecule has 0 radical (unpaired) electrons. The summed E-state index contributed by atoms with van der Waals surface area (Å²) in [5, 5.41) is 12.1. The predicted molar refractivity (Wildman–Crippen MR) is 77.4 cm³/mol. The molecule has 2 rings (SSSR count). The van der Waals surface area contributed by atoms with Crippen LogP contribution in [0.15, 0.2) is 29.8 Å². The van der Waals surface area contributed by atoms with Gasteiger partial charge in [0.05, 0.1) is 11.3 Å². The Kier molecular flexibility index (Phi) is 4.29. The summed E-state index contributed by atoms with van der Waals surface area (Å²) >= 11 is 5.85. The zero-order valence-corrected chi connectivity index (χ0v) is 11.8. The van der Waals surface area contributed by atoms with Gasteiger partial charge in [-0.15, -0.1) is 0 Å². The Balaban J connectivity index is 2.17. The fourth-order valence-electron chi connectivity index (χ4n) is 2.09. The number of benzene rings is 1. The molecule has 0 saturated heterocycles. The summed E-state index contributed by atoms with van der Waals surface area (Å²) in [4.78, 5) is 24.9. The number of rotatable bonds is 2. The van der Waals surface area contributed by atoms with Gasteiger partial charge in [0, 0.05) is 18.1 Å². The monoisotopic (exact) mass is 294 g/mol. The van der Waals surface area contributed by atoms with Gasteiger partial charge in [-0.1, -0.05) is 23.3 Å². The highest BCUT2D eigenvalue weighted by molar-refractivity contribution is 6.31. The van der Waals surface area contributed by atoms with Crippen LogP contribution in [0.2, 0.25) is 5.02 Å². The van der Waals surface area contributed by atoms with Crippen molar-refractivity contribution in [1.82, 2.24) is 4.90 Å². The number of hydrogen-bond donors (Lipinski definition) is 2. The smallest absolute Gasteiger partial charge is 0.337 e. The number of carbonyl (C=O) groups excluding carboxylic acids is 1. The summed E-state index contributed by atoms with van der Waals surface area (Å²) < 4.78 is 0. The first-order chi connectivity index (χ1) is 9.47. The van der Waals surface area contributed by atoms with Crippen molar-refractivity contribution < 1.29 is 14.7 Å². The number of aromatic carboxylic acids is 1. The van der Waals surface area contributed by atoms with Crippen LogP contribution in [-0.4, -0.2) is 35.1 Å². The summed E-state index contributed by atoms with van der Waals surface area (Å²) in [6.07, 6.45) is 2.90. The van der Waals surface area contributed by atoms with Gasteiger partial charge >= 0.3 is 12.0 Å². The van der Waals surface area contributed by atoms with Crippen LogP contribution in [0.25, 0.3) is 0 Å². The first-order valence-corrected chi connectivity index (χ1v) is 6.59. The number of carbonyl (C=O) groups is 2. The van der Waals surface area contributed by atoms with E-state index < -0.39 is 5.97 Å². The zero-order chi connectivity index (χ0) is 14.7. The van der Waals surface area contributed by atoms with Crippen molar-refractivity contribution >= 4 is 29.3 Å². The molecule has 5 nitrogen and oxygen atoms in total. The molecule has 0 fully saturated rings. The molecule has 20 heavy (non-hydrogen) atoms. The van der Waals surface area contributed by atoms with E-state index in [1.165, 1.54) is 18.2 Å². The summed E-state index contributed by atoms with van der Waals surface area (Å²) in [6.45, 7) is 3.13. The Labute approximate surface area is 121 Å². The van der Waals surface area contributed by atoms with Crippen LogP contribution in [0, 0.1) is 0 Å². The Bertz CT molecular complexity index is 584. The lowest BCUT2D eigenvalue weighted by molar-refractivity contribution is 0.0698. The topological polar surface area (TPSA) is 69.6 Å². The quantitative estimate of drug-likeness (QED) is 0.823. The van der Waals surface area contributed by atoms with Crippen molar-refractivity contribution in [2.24, 2.45) is 0 Å². The Hall–Kier alpha value is -2.01. The van der Waals surface area contributed by atoms with Crippen molar-refractivity contribution in [2.75, 3.05) is 18.4 Å². The normalized spacial score (nSPS) is 14.7. The molecule has 1 heterocycles. The molecule has 106 valence electrons. The Morgan fingerprint density at radius 3 is 2.80 bits per heavy atom. The first-order valence-electron chi connectivity index (χ1n) is 6.22. The first kappa shape index (κ1) is 14.4. The number of nitrogens with zero attached hydrogens (tertiary/aromatic N) is 1. The average Bonchev–Trinajstić information content (AvgIpc) is 2.38. The zero-order valence-electron chi connectivity index (χ0n) is 11.0. The molecule has 0 spiro atoms. The van der Waals surface area contributed by atoms with Gasteiger partial charge < -0.3 is 15.3 Å². The van der Waals surface area contributed by atoms with Crippen molar-refractivity contribution in [3.8, 4) is 0 Å². The second-order valence-electron chi connectivity index (χ2n) is 4.69. The van der Waals surface area contributed by atoms with E-state index in [-0.39, 0.29) is 17.3 Å². The number of anilines is 1. The van der Waals surface area contributed by atoms with Gasteiger partial charge in [-0.25, -0.2) is 9.59 Å². The lowest BCUT2D eigenvalue weighted by Gasteiger charge is -2.26. The molecule has 0 bridgehead atoms. The predicted octanol–water partition coefficient (Wildman–Crippen LogP) is 3.22. The van der Waals surface area contributed by atoms with E-state index in [0.717, 1.165) is 12.0 Å². The van der Waals surface area contributed by atoms with Gasteiger partial charge in [0.25, 0.3) is 0 Å². The number of amides is 2. The molecule has 0 aromatic heterocycles. The lowest BCUT2D eigenvalue weighted by atomic mass is 10.1. The van der Waals surface area contributed by atoms with Crippen LogP contribution >= 0.6 is 11.6 Å². The average molecular weight is 295 g/mol. The molecule has 2 N–H and O–H groups in total. The number of nitrogens with one attached hydrogen (secondary N) is 1. The van der Waals surface area contributed by atoms with E-state index in [1.807, 2.05) is 6.92 Å². The van der Waals surface area contributed by atoms with E-state index in [9.17, 15) is 9.59 Å². The van der Waals surface area contributed by atoms with Crippen LogP contribution in [0.1, 0.15) is 23.7 Å². The minimum absolute atomic E-state index is 0.0204. The second kappa shape index (κ2) is 5.96. The maximum absolute atomic E-state index is 12.2. The van der Waals surface area contributed by atoms with Gasteiger partial charge in [0.15, 0.2) is 0 Å². The van der Waals surface area contributed by atoms with Crippen molar-refractivity contribution in [1.29, 1.82) is 0 Å². The van der Waals surface area contributed by atoms with E-state index in [2.05, 4.69) is 11.4 Å². The molecule has 0 aliphatic carbocycles. The fourth-order valence-corrected chi connectivity index (χ4v) is 2.26. The number of carboxylic acid groups (broad SMARTS) is 1. The number of carboxylic acids is 1. The van der Waals surface area contributed by atoms with Crippen molar-refractivity contribution in [3.05, 3.63) is 40.4 Å². The fraction of sp³-hybridized carbons (Fsp3) is 0.286. The van der Waals surface area contributed by atoms with Crippen LogP contribution in [0.4, 0.5) is 10.5 Å². The van der Waals surface area contributed by atoms with Gasteiger partial charge in [-0.2, -0.15) is 0 Å². The maximum atomic E-state index is 12.2. The van der Waals surface area contributed by atoms with Crippen LogP contribution in [0.5, 0.6) is 0 Å². The molecule has 1 aliphatic heterocycles. The Morgan fingerprint density at radius 1 is 1.40 bits per heavy atom. The van der Waals surface area contributed by atoms with Gasteiger partial charge in [0.1, 0.15) is 0 Å². The molecule has 0 saturated carbocycles. The standard InChI is InChI=1S/C14H15ClN2O3/c1-9-3-2-6-17(8-9)14(20)16-12-7-10(15)4-5-11(12)13(18)19/h3-5,7H,2,6,8H2,1H3,(H,16,20)(H,18,19). The number of halogens is 1. The van der Waals surface area contributed by atoms with Crippen LogP contribution < -0.4 is 5.32 Å². The summed E-state index contributed by atoms with van der Waals surface area (Å²) in [7, 11) is 0. The van der Waals surface area contributed by atoms with E-state index >= 15 is 0 Å². The molecular weight excluding hydrogens is 280 g/mol. The Morgan fingerprint density at radius 2 is 2.15 bits per heavy atom. The second-order valence-corrected chi connectivity index (χ2v) is 5.12. The van der Waals surface area contributed by atoms with Gasteiger partial charge in [-0.3, -0.25) is 0 Å². The third-order valence-electron chi connectivity index (χ3n) is 3.07. The summed E-state index contributed by atoms with van der Waals surface area (Å²) in [5.41, 5.74) is 1.35. The summed E-state index contributed by atoms with van der Waals surface area (Å²) in [5.74, 6) is -1.10. The van der Waals surface area contributed by atoms with Gasteiger partial charge in [-0.05, 0) is 31.5 Å². The van der Waals surface area contributed by atoms with Crippen LogP contribution in [0.3, 0.4) is 0 Å². The highest BCUT2D eigenvalue weighted by Gasteiger charge is 2.19. The van der Waals surface area contributed by atoms with Crippen LogP contribution in [-0.2, 0) is 0 Å². The number of urea groups is 1. The van der Waals surface area contributed by atoms with E-state index in [1.54, 1.807) is 4.90 Å². The largest absolute Gasteiger partial charge is 0.478 e. The SMILES string of the molecule is CC1=CCCN(C(=O)Nc2cc(Cl)ccc2C(=O)O)C1. The molecule has 2 amide bonds. The molecule has 1 aromatic rings. The number of hydrogen-bond acceptors (Lipinski definition) is 2. The van der Waals surface area contributed by atoms with Crippen molar-refractivity contribution in [3.63, 3.8) is 0 Å². The minimum Gasteiger partial charge on any atom is -0.478 e. The highest BCUT2D eigenvalue weighted by Crippen LogP contribution is 2.22. The molecule has 6 heteroatoms. The van der Waals surface area contributed by atoms with Crippen molar-refractivity contribution in [2.45, 2.75) is 13.3 Å². The summed E-state index contributed by atoms with van der Waals surface area (Å²) in [6, 6.07) is 3.98. The van der Waals surface area contributed by atoms with E-state index in [4.69, 9.17) is 16.7 Å². The molecule has 0 atom stereocenters. The maximum Gasteiger partial charge on any atom is 0.337 e.